The van der Waals surface area contributed by atoms with Crippen LogP contribution in [0.25, 0.3) is 10.2 Å². The predicted molar refractivity (Wildman–Crippen MR) is 87.2 cm³/mol. The highest BCUT2D eigenvalue weighted by atomic mass is 79.9. The van der Waals surface area contributed by atoms with Crippen molar-refractivity contribution in [1.82, 2.24) is 4.98 Å². The monoisotopic (exact) mass is 347 g/mol. The van der Waals surface area contributed by atoms with Gasteiger partial charge >= 0.3 is 0 Å². The summed E-state index contributed by atoms with van der Waals surface area (Å²) in [5, 5.41) is 11.2. The lowest BCUT2D eigenvalue weighted by atomic mass is 10.1. The maximum Gasteiger partial charge on any atom is 0.0964 e. The zero-order valence-electron chi connectivity index (χ0n) is 10.8. The fourth-order valence-corrected chi connectivity index (χ4v) is 3.68. The van der Waals surface area contributed by atoms with E-state index >= 15 is 0 Å². The van der Waals surface area contributed by atoms with Crippen LogP contribution in [0, 0.1) is 0 Å². The van der Waals surface area contributed by atoms with E-state index in [1.165, 1.54) is 4.70 Å². The molecule has 0 aliphatic carbocycles. The minimum Gasteiger partial charge on any atom is -0.392 e. The third kappa shape index (κ3) is 3.08. The van der Waals surface area contributed by atoms with Gasteiger partial charge in [-0.05, 0) is 30.2 Å². The fraction of sp³-hybridized carbons (Fsp3) is 0.188. The Bertz CT molecular complexity index is 692. The van der Waals surface area contributed by atoms with Crippen LogP contribution < -0.4 is 0 Å². The van der Waals surface area contributed by atoms with Crippen molar-refractivity contribution in [3.05, 3.63) is 63.6 Å². The lowest BCUT2D eigenvalue weighted by molar-refractivity contribution is 0.175. The number of fused-ring (bicyclic) bond motifs is 1. The van der Waals surface area contributed by atoms with E-state index in [2.05, 4.69) is 27.0 Å². The summed E-state index contributed by atoms with van der Waals surface area (Å²) in [5.74, 6) is 0. The summed E-state index contributed by atoms with van der Waals surface area (Å²) in [5.41, 5.74) is 2.14. The first-order chi connectivity index (χ1) is 9.72. The normalized spacial score (nSPS) is 12.7. The molecule has 0 saturated heterocycles. The van der Waals surface area contributed by atoms with Crippen LogP contribution in [0.3, 0.4) is 0 Å². The topological polar surface area (TPSA) is 33.1 Å². The maximum absolute atomic E-state index is 10.3. The molecule has 1 heterocycles. The second-order valence-electron chi connectivity index (χ2n) is 4.73. The largest absolute Gasteiger partial charge is 0.392 e. The van der Waals surface area contributed by atoms with Gasteiger partial charge in [0.25, 0.3) is 0 Å². The van der Waals surface area contributed by atoms with E-state index in [9.17, 15) is 5.11 Å². The molecule has 20 heavy (non-hydrogen) atoms. The maximum atomic E-state index is 10.3. The molecule has 2 nitrogen and oxygen atoms in total. The molecule has 0 spiro atoms. The van der Waals surface area contributed by atoms with Gasteiger partial charge in [-0.3, -0.25) is 0 Å². The van der Waals surface area contributed by atoms with E-state index in [-0.39, 0.29) is 0 Å². The highest BCUT2D eigenvalue weighted by molar-refractivity contribution is 9.10. The molecule has 1 unspecified atom stereocenters. The fourth-order valence-electron chi connectivity index (χ4n) is 2.20. The van der Waals surface area contributed by atoms with E-state index in [1.807, 2.05) is 42.5 Å². The van der Waals surface area contributed by atoms with Crippen LogP contribution in [0.1, 0.15) is 10.6 Å². The van der Waals surface area contributed by atoms with Crippen molar-refractivity contribution >= 4 is 37.5 Å². The molecule has 0 amide bonds. The Morgan fingerprint density at radius 2 is 1.80 bits per heavy atom. The molecule has 0 radical (unpaired) electrons. The number of hydrogen-bond acceptors (Lipinski definition) is 3. The molecule has 3 aromatic rings. The van der Waals surface area contributed by atoms with Gasteiger partial charge in [0.15, 0.2) is 0 Å². The smallest absolute Gasteiger partial charge is 0.0964 e. The Hall–Kier alpha value is -1.23. The molecule has 1 aromatic heterocycles. The van der Waals surface area contributed by atoms with Crippen LogP contribution in [0.5, 0.6) is 0 Å². The Morgan fingerprint density at radius 1 is 1.05 bits per heavy atom. The summed E-state index contributed by atoms with van der Waals surface area (Å²) in [6.45, 7) is 0. The molecule has 2 aromatic carbocycles. The number of halogens is 1. The third-order valence-electron chi connectivity index (χ3n) is 3.16. The number of aromatic nitrogens is 1. The van der Waals surface area contributed by atoms with Crippen molar-refractivity contribution in [2.75, 3.05) is 0 Å². The van der Waals surface area contributed by atoms with E-state index in [0.29, 0.717) is 12.8 Å². The number of nitrogens with zero attached hydrogens (tertiary/aromatic N) is 1. The summed E-state index contributed by atoms with van der Waals surface area (Å²) >= 11 is 5.17. The molecule has 0 bridgehead atoms. The van der Waals surface area contributed by atoms with Crippen molar-refractivity contribution in [1.29, 1.82) is 0 Å². The Labute approximate surface area is 130 Å². The van der Waals surface area contributed by atoms with Crippen LogP contribution in [-0.4, -0.2) is 16.2 Å². The Kier molecular flexibility index (Phi) is 4.15. The first-order valence-electron chi connectivity index (χ1n) is 6.48. The molecule has 102 valence electrons. The number of para-hydroxylation sites is 1. The van der Waals surface area contributed by atoms with Crippen molar-refractivity contribution in [3.63, 3.8) is 0 Å². The Morgan fingerprint density at radius 3 is 2.60 bits per heavy atom. The summed E-state index contributed by atoms with van der Waals surface area (Å²) < 4.78 is 2.22. The van der Waals surface area contributed by atoms with Gasteiger partial charge in [-0.15, -0.1) is 11.3 Å². The molecular weight excluding hydrogens is 334 g/mol. The number of aliphatic hydroxyl groups excluding tert-OH is 1. The van der Waals surface area contributed by atoms with Gasteiger partial charge < -0.3 is 5.11 Å². The molecule has 4 heteroatoms. The van der Waals surface area contributed by atoms with Gasteiger partial charge in [-0.2, -0.15) is 0 Å². The van der Waals surface area contributed by atoms with Gasteiger partial charge in [0.05, 0.1) is 21.3 Å². The predicted octanol–water partition coefficient (Wildman–Crippen LogP) is 4.20. The second kappa shape index (κ2) is 6.04. The van der Waals surface area contributed by atoms with Gasteiger partial charge in [0.1, 0.15) is 0 Å². The number of rotatable bonds is 4. The van der Waals surface area contributed by atoms with Crippen LogP contribution in [0.4, 0.5) is 0 Å². The molecular formula is C16H14BrNOS. The first-order valence-corrected chi connectivity index (χ1v) is 8.09. The zero-order chi connectivity index (χ0) is 13.9. The minimum atomic E-state index is -0.408. The third-order valence-corrected chi connectivity index (χ3v) is 4.99. The van der Waals surface area contributed by atoms with E-state index in [0.717, 1.165) is 20.6 Å². The van der Waals surface area contributed by atoms with Crippen molar-refractivity contribution in [2.45, 2.75) is 18.9 Å². The van der Waals surface area contributed by atoms with Gasteiger partial charge in [0.2, 0.25) is 0 Å². The number of aliphatic hydroxyl groups is 1. The van der Waals surface area contributed by atoms with E-state index in [4.69, 9.17) is 0 Å². The summed E-state index contributed by atoms with van der Waals surface area (Å²) in [4.78, 5) is 4.56. The summed E-state index contributed by atoms with van der Waals surface area (Å²) in [6, 6.07) is 16.1. The quantitative estimate of drug-likeness (QED) is 0.766. The van der Waals surface area contributed by atoms with E-state index < -0.39 is 6.10 Å². The van der Waals surface area contributed by atoms with Crippen LogP contribution in [0.2, 0.25) is 0 Å². The SMILES string of the molecule is OC(Cc1nc2ccccc2s1)Cc1ccccc1Br. The van der Waals surface area contributed by atoms with Gasteiger partial charge in [0, 0.05) is 10.9 Å². The molecule has 0 aliphatic heterocycles. The highest BCUT2D eigenvalue weighted by Crippen LogP contribution is 2.24. The summed E-state index contributed by atoms with van der Waals surface area (Å²) in [6.07, 6.45) is 0.826. The molecule has 0 aliphatic rings. The number of hydrogen-bond donors (Lipinski definition) is 1. The lowest BCUT2D eigenvalue weighted by Crippen LogP contribution is -2.14. The lowest BCUT2D eigenvalue weighted by Gasteiger charge is -2.10. The zero-order valence-corrected chi connectivity index (χ0v) is 13.2. The molecule has 1 N–H and O–H groups in total. The standard InChI is InChI=1S/C16H14BrNOS/c17-13-6-2-1-5-11(13)9-12(19)10-16-18-14-7-3-4-8-15(14)20-16/h1-8,12,19H,9-10H2. The van der Waals surface area contributed by atoms with Gasteiger partial charge in [-0.25, -0.2) is 4.98 Å². The van der Waals surface area contributed by atoms with Crippen molar-refractivity contribution in [3.8, 4) is 0 Å². The van der Waals surface area contributed by atoms with Gasteiger partial charge in [-0.1, -0.05) is 46.3 Å². The molecule has 3 rings (SSSR count). The van der Waals surface area contributed by atoms with Crippen LogP contribution in [0.15, 0.2) is 53.0 Å². The molecule has 0 saturated carbocycles. The van der Waals surface area contributed by atoms with Crippen molar-refractivity contribution in [2.24, 2.45) is 0 Å². The number of thiazole rings is 1. The highest BCUT2D eigenvalue weighted by Gasteiger charge is 2.12. The second-order valence-corrected chi connectivity index (χ2v) is 6.70. The van der Waals surface area contributed by atoms with Crippen LogP contribution >= 0.6 is 27.3 Å². The average molecular weight is 348 g/mol. The number of benzene rings is 2. The Balaban J connectivity index is 1.72. The minimum absolute atomic E-state index is 0.408. The average Bonchev–Trinajstić information content (AvgIpc) is 2.83. The van der Waals surface area contributed by atoms with Crippen LogP contribution in [-0.2, 0) is 12.8 Å². The molecule has 0 fully saturated rings. The van der Waals surface area contributed by atoms with E-state index in [1.54, 1.807) is 11.3 Å². The molecule has 1 atom stereocenters. The van der Waals surface area contributed by atoms with Crippen molar-refractivity contribution < 1.29 is 5.11 Å². The summed E-state index contributed by atoms with van der Waals surface area (Å²) in [7, 11) is 0. The first kappa shape index (κ1) is 13.7.